The van der Waals surface area contributed by atoms with E-state index in [2.05, 4.69) is 45.5 Å². The third-order valence-corrected chi connectivity index (χ3v) is 0.267. The highest BCUT2D eigenvalue weighted by molar-refractivity contribution is 9.06. The van der Waals surface area contributed by atoms with Crippen molar-refractivity contribution in [3.63, 3.8) is 0 Å². The lowest BCUT2D eigenvalue weighted by atomic mass is 14.6. The molecule has 0 saturated carbocycles. The van der Waals surface area contributed by atoms with Crippen molar-refractivity contribution in [3.05, 3.63) is 0 Å². The van der Waals surface area contributed by atoms with E-state index in [4.69, 9.17) is 0 Å². The van der Waals surface area contributed by atoms with Gasteiger partial charge in [-0.2, -0.15) is 0 Å². The van der Waals surface area contributed by atoms with Crippen LogP contribution in [0.1, 0.15) is 0 Å². The normalized spacial score (nSPS) is 8.40. The zero-order chi connectivity index (χ0) is 4.12. The monoisotopic (exact) mass is 206 g/mol. The fourth-order valence-electron chi connectivity index (χ4n) is 0.00972. The molecule has 32 valence electrons. The van der Waals surface area contributed by atoms with Crippen LogP contribution in [0.4, 0.5) is 0 Å². The predicted molar refractivity (Wildman–Crippen MR) is 21.1 cm³/mol. The molecular weight excluding hydrogens is 208 g/mol. The van der Waals surface area contributed by atoms with Crippen LogP contribution in [-0.2, 0) is 13.0 Å². The fourth-order valence-corrected chi connectivity index (χ4v) is 0.262. The van der Waals surface area contributed by atoms with E-state index in [1.165, 1.54) is 0 Å². The molecule has 0 bridgehead atoms. The van der Waals surface area contributed by atoms with Crippen LogP contribution in [0.3, 0.4) is 0 Å². The van der Waals surface area contributed by atoms with Gasteiger partial charge in [0.1, 0.15) is 32.5 Å². The minimum absolute atomic E-state index is 2.43. The maximum Gasteiger partial charge on any atom is 0.146 e. The molecule has 0 unspecified atom stereocenters. The van der Waals surface area contributed by atoms with E-state index in [1.807, 2.05) is 0 Å². The molecule has 0 aromatic heterocycles. The lowest BCUT2D eigenvalue weighted by molar-refractivity contribution is -0.383. The summed E-state index contributed by atoms with van der Waals surface area (Å²) in [4.78, 5) is 0. The van der Waals surface area contributed by atoms with E-state index >= 15 is 0 Å². The highest BCUT2D eigenvalue weighted by Crippen LogP contribution is 1.90. The predicted octanol–water partition coefficient (Wildman–Crippen LogP) is 1.49. The van der Waals surface area contributed by atoms with Crippen LogP contribution in [0, 0.1) is 0 Å². The highest BCUT2D eigenvalue weighted by Gasteiger charge is 1.69. The largest absolute Gasteiger partial charge is 0.146 e. The van der Waals surface area contributed by atoms with Crippen molar-refractivity contribution in [2.24, 2.45) is 0 Å². The Morgan fingerprint density at radius 3 is 1.40 bits per heavy atom. The first kappa shape index (κ1) is 5.84. The second-order valence-corrected chi connectivity index (χ2v) is 0.723. The first-order valence-electron chi connectivity index (χ1n) is 0.642. The third kappa shape index (κ3) is 4.84. The van der Waals surface area contributed by atoms with Crippen molar-refractivity contribution in [1.29, 1.82) is 0 Å². The fraction of sp³-hybridized carbons (Fsp3) is 0. The van der Waals surface area contributed by atoms with Gasteiger partial charge in [0, 0.05) is 0 Å². The van der Waals surface area contributed by atoms with E-state index in [1.54, 1.807) is 0 Å². The molecule has 0 atom stereocenters. The average molecular weight is 208 g/mol. The van der Waals surface area contributed by atoms with Crippen molar-refractivity contribution < 1.29 is 13.0 Å². The molecule has 0 amide bonds. The summed E-state index contributed by atoms with van der Waals surface area (Å²) in [5.41, 5.74) is 0. The van der Waals surface area contributed by atoms with Gasteiger partial charge in [-0.15, -0.1) is 7.96 Å². The summed E-state index contributed by atoms with van der Waals surface area (Å²) < 4.78 is 7.47. The molecule has 0 rings (SSSR count). The Bertz CT molecular complexity index is 12.4. The van der Waals surface area contributed by atoms with E-state index in [0.29, 0.717) is 0 Å². The van der Waals surface area contributed by atoms with Gasteiger partial charge in [-0.25, -0.2) is 0 Å². The summed E-state index contributed by atoms with van der Waals surface area (Å²) in [5.74, 6) is 0. The molecule has 0 radical (unpaired) electrons. The van der Waals surface area contributed by atoms with Crippen molar-refractivity contribution in [2.45, 2.75) is 0 Å². The molecule has 0 aromatic rings. The molecule has 0 heterocycles. The van der Waals surface area contributed by atoms with Gasteiger partial charge in [-0.3, -0.25) is 0 Å². The van der Waals surface area contributed by atoms with E-state index in [-0.39, 0.29) is 0 Å². The molecule has 0 aromatic carbocycles. The Morgan fingerprint density at radius 2 is 1.40 bits per heavy atom. The topological polar surface area (TPSA) is 27.7 Å². The van der Waals surface area contributed by atoms with Crippen LogP contribution in [0.5, 0.6) is 0 Å². The zero-order valence-electron chi connectivity index (χ0n) is 1.98. The second kappa shape index (κ2) is 4.84. The Balaban J connectivity index is 2.19. The first-order chi connectivity index (χ1) is 2.41. The molecule has 0 N–H and O–H groups in total. The van der Waals surface area contributed by atoms with Gasteiger partial charge in [0.05, 0.1) is 0 Å². The van der Waals surface area contributed by atoms with Crippen LogP contribution in [0.2, 0.25) is 0 Å². The van der Waals surface area contributed by atoms with Crippen LogP contribution in [0.25, 0.3) is 0 Å². The lowest BCUT2D eigenvalue weighted by Crippen LogP contribution is -1.69. The number of hydrogen-bond donors (Lipinski definition) is 0. The van der Waals surface area contributed by atoms with Gasteiger partial charge in [-0.1, -0.05) is 0 Å². The molecule has 0 fully saturated rings. The Hall–Kier alpha value is 0.840. The standard InChI is InChI=1S/Br2O3/c1-3-5-4-2. The van der Waals surface area contributed by atoms with Crippen molar-refractivity contribution >= 4 is 32.5 Å². The maximum atomic E-state index is 3.73. The maximum absolute atomic E-state index is 3.73. The Morgan fingerprint density at radius 1 is 1.00 bits per heavy atom. The third-order valence-electron chi connectivity index (χ3n) is 0.0514. The van der Waals surface area contributed by atoms with E-state index < -0.39 is 0 Å². The zero-order valence-corrected chi connectivity index (χ0v) is 5.15. The Kier molecular flexibility index (Phi) is 5.65. The van der Waals surface area contributed by atoms with E-state index in [0.717, 1.165) is 0 Å². The smallest absolute Gasteiger partial charge is 0.124 e. The summed E-state index contributed by atoms with van der Waals surface area (Å²) in [5, 5.41) is 3.67. The minimum atomic E-state index is 2.43. The SMILES string of the molecule is BrOOOBr. The molecule has 0 aliphatic rings. The summed E-state index contributed by atoms with van der Waals surface area (Å²) in [6, 6.07) is 0. The first-order valence-corrected chi connectivity index (χ1v) is 1.94. The summed E-state index contributed by atoms with van der Waals surface area (Å²) in [6.45, 7) is 0. The van der Waals surface area contributed by atoms with Gasteiger partial charge in [0.15, 0.2) is 0 Å². The van der Waals surface area contributed by atoms with Crippen LogP contribution >= 0.6 is 32.5 Å². The van der Waals surface area contributed by atoms with Crippen molar-refractivity contribution in [1.82, 2.24) is 0 Å². The van der Waals surface area contributed by atoms with Gasteiger partial charge >= 0.3 is 0 Å². The quantitative estimate of drug-likeness (QED) is 0.508. The highest BCUT2D eigenvalue weighted by atomic mass is 79.9. The summed E-state index contributed by atoms with van der Waals surface area (Å²) in [6.07, 6.45) is 0. The van der Waals surface area contributed by atoms with Crippen LogP contribution in [-0.4, -0.2) is 0 Å². The van der Waals surface area contributed by atoms with Gasteiger partial charge in [0.25, 0.3) is 0 Å². The average Bonchev–Trinajstić information content (AvgIpc) is 1.41. The number of rotatable bonds is 2. The molecule has 0 aliphatic carbocycles. The second-order valence-electron chi connectivity index (χ2n) is 0.194. The van der Waals surface area contributed by atoms with E-state index in [9.17, 15) is 0 Å². The number of hydrogen-bond acceptors (Lipinski definition) is 3. The Labute approximate surface area is 46.0 Å². The summed E-state index contributed by atoms with van der Waals surface area (Å²) >= 11 is 4.86. The van der Waals surface area contributed by atoms with Crippen molar-refractivity contribution in [3.8, 4) is 0 Å². The van der Waals surface area contributed by atoms with Crippen LogP contribution in [0.15, 0.2) is 0 Å². The molecular formula is Br2O3. The molecule has 3 nitrogen and oxygen atoms in total. The lowest BCUT2D eigenvalue weighted by Gasteiger charge is -1.79. The van der Waals surface area contributed by atoms with Gasteiger partial charge < -0.3 is 0 Å². The molecule has 0 aliphatic heterocycles. The summed E-state index contributed by atoms with van der Waals surface area (Å²) in [7, 11) is 0. The molecule has 5 heavy (non-hydrogen) atoms. The molecule has 0 spiro atoms. The molecule has 5 heteroatoms. The number of halogens is 2. The van der Waals surface area contributed by atoms with Gasteiger partial charge in [-0.05, 0) is 5.04 Å². The van der Waals surface area contributed by atoms with Crippen LogP contribution < -0.4 is 0 Å². The van der Waals surface area contributed by atoms with Gasteiger partial charge in [0.2, 0.25) is 0 Å². The van der Waals surface area contributed by atoms with Crippen molar-refractivity contribution in [2.75, 3.05) is 0 Å². The minimum Gasteiger partial charge on any atom is -0.124 e. The molecule has 0 saturated heterocycles.